The van der Waals surface area contributed by atoms with E-state index < -0.39 is 0 Å². The van der Waals surface area contributed by atoms with Crippen LogP contribution in [0.25, 0.3) is 0 Å². The van der Waals surface area contributed by atoms with E-state index in [4.69, 9.17) is 4.98 Å². The van der Waals surface area contributed by atoms with E-state index in [-0.39, 0.29) is 5.82 Å². The Hall–Kier alpha value is -1.68. The SMILES string of the molecule is CCc1nc2c(n1C(C)Cc1ccc(F)cc1)CCNC2. The maximum absolute atomic E-state index is 13.0. The number of aromatic nitrogens is 2. The Morgan fingerprint density at radius 3 is 2.81 bits per heavy atom. The van der Waals surface area contributed by atoms with Gasteiger partial charge >= 0.3 is 0 Å². The zero-order valence-corrected chi connectivity index (χ0v) is 12.7. The summed E-state index contributed by atoms with van der Waals surface area (Å²) in [7, 11) is 0. The smallest absolute Gasteiger partial charge is 0.123 e. The second-order valence-corrected chi connectivity index (χ2v) is 5.75. The summed E-state index contributed by atoms with van der Waals surface area (Å²) in [5.74, 6) is 0.991. The summed E-state index contributed by atoms with van der Waals surface area (Å²) in [6.07, 6.45) is 2.89. The Labute approximate surface area is 125 Å². The second-order valence-electron chi connectivity index (χ2n) is 5.75. The summed E-state index contributed by atoms with van der Waals surface area (Å²) >= 11 is 0. The van der Waals surface area contributed by atoms with Gasteiger partial charge in [-0.3, -0.25) is 0 Å². The van der Waals surface area contributed by atoms with Crippen LogP contribution < -0.4 is 5.32 Å². The summed E-state index contributed by atoms with van der Waals surface area (Å²) in [6.45, 7) is 6.28. The predicted molar refractivity (Wildman–Crippen MR) is 81.8 cm³/mol. The Morgan fingerprint density at radius 1 is 1.33 bits per heavy atom. The van der Waals surface area contributed by atoms with E-state index in [9.17, 15) is 4.39 Å². The van der Waals surface area contributed by atoms with Crippen LogP contribution in [-0.4, -0.2) is 16.1 Å². The molecule has 0 amide bonds. The maximum Gasteiger partial charge on any atom is 0.123 e. The van der Waals surface area contributed by atoms with Crippen LogP contribution in [-0.2, 0) is 25.8 Å². The van der Waals surface area contributed by atoms with Crippen molar-refractivity contribution in [3.63, 3.8) is 0 Å². The normalized spacial score (nSPS) is 15.8. The molecule has 3 nitrogen and oxygen atoms in total. The van der Waals surface area contributed by atoms with Gasteiger partial charge in [-0.2, -0.15) is 0 Å². The minimum atomic E-state index is -0.174. The third-order valence-corrected chi connectivity index (χ3v) is 4.20. The first-order valence-corrected chi connectivity index (χ1v) is 7.73. The van der Waals surface area contributed by atoms with E-state index in [1.54, 1.807) is 0 Å². The highest BCUT2D eigenvalue weighted by Gasteiger charge is 2.22. The van der Waals surface area contributed by atoms with Gasteiger partial charge in [0, 0.05) is 37.7 Å². The first-order valence-electron chi connectivity index (χ1n) is 7.73. The van der Waals surface area contributed by atoms with Crippen LogP contribution in [0.4, 0.5) is 4.39 Å². The summed E-state index contributed by atoms with van der Waals surface area (Å²) < 4.78 is 15.4. The summed E-state index contributed by atoms with van der Waals surface area (Å²) in [6, 6.07) is 7.18. The van der Waals surface area contributed by atoms with Crippen molar-refractivity contribution < 1.29 is 4.39 Å². The van der Waals surface area contributed by atoms with Gasteiger partial charge in [-0.15, -0.1) is 0 Å². The third-order valence-electron chi connectivity index (χ3n) is 4.20. The lowest BCUT2D eigenvalue weighted by atomic mass is 10.1. The van der Waals surface area contributed by atoms with E-state index in [1.807, 2.05) is 12.1 Å². The molecule has 1 N–H and O–H groups in total. The molecule has 1 aromatic heterocycles. The molecule has 2 heterocycles. The quantitative estimate of drug-likeness (QED) is 0.936. The van der Waals surface area contributed by atoms with Crippen molar-refractivity contribution in [1.29, 1.82) is 0 Å². The Balaban J connectivity index is 1.88. The molecule has 4 heteroatoms. The molecule has 0 saturated carbocycles. The van der Waals surface area contributed by atoms with Crippen molar-refractivity contribution in [3.05, 3.63) is 52.9 Å². The molecule has 2 aromatic rings. The van der Waals surface area contributed by atoms with Gasteiger partial charge in [0.15, 0.2) is 0 Å². The monoisotopic (exact) mass is 287 g/mol. The Bertz CT molecular complexity index is 616. The van der Waals surface area contributed by atoms with Crippen molar-refractivity contribution in [2.45, 2.75) is 45.7 Å². The maximum atomic E-state index is 13.0. The van der Waals surface area contributed by atoms with E-state index in [1.165, 1.54) is 34.9 Å². The van der Waals surface area contributed by atoms with Crippen LogP contribution in [0.1, 0.15) is 42.7 Å². The number of nitrogens with zero attached hydrogens (tertiary/aromatic N) is 2. The molecule has 0 aliphatic carbocycles. The van der Waals surface area contributed by atoms with Crippen LogP contribution >= 0.6 is 0 Å². The number of imidazole rings is 1. The average Bonchev–Trinajstić information content (AvgIpc) is 2.88. The van der Waals surface area contributed by atoms with E-state index in [0.29, 0.717) is 6.04 Å². The standard InChI is InChI=1S/C17H22FN3/c1-3-17-20-15-11-19-9-8-16(15)21(17)12(2)10-13-4-6-14(18)7-5-13/h4-7,12,19H,3,8-11H2,1-2H3. The lowest BCUT2D eigenvalue weighted by molar-refractivity contribution is 0.492. The van der Waals surface area contributed by atoms with Gasteiger partial charge in [-0.1, -0.05) is 19.1 Å². The van der Waals surface area contributed by atoms with Crippen LogP contribution in [0.15, 0.2) is 24.3 Å². The van der Waals surface area contributed by atoms with Crippen molar-refractivity contribution in [2.75, 3.05) is 6.54 Å². The third kappa shape index (κ3) is 2.86. The van der Waals surface area contributed by atoms with Crippen LogP contribution in [0.3, 0.4) is 0 Å². The number of halogens is 1. The van der Waals surface area contributed by atoms with Crippen LogP contribution in [0.5, 0.6) is 0 Å². The zero-order chi connectivity index (χ0) is 14.8. The second kappa shape index (κ2) is 5.98. The van der Waals surface area contributed by atoms with Gasteiger partial charge in [0.1, 0.15) is 11.6 Å². The Morgan fingerprint density at radius 2 is 2.10 bits per heavy atom. The highest BCUT2D eigenvalue weighted by atomic mass is 19.1. The van der Waals surface area contributed by atoms with Crippen LogP contribution in [0.2, 0.25) is 0 Å². The number of hydrogen-bond donors (Lipinski definition) is 1. The summed E-state index contributed by atoms with van der Waals surface area (Å²) in [5, 5.41) is 3.38. The fourth-order valence-electron chi connectivity index (χ4n) is 3.21. The molecule has 0 bridgehead atoms. The molecule has 1 aliphatic heterocycles. The van der Waals surface area contributed by atoms with E-state index in [0.717, 1.165) is 32.4 Å². The average molecular weight is 287 g/mol. The molecule has 0 saturated heterocycles. The topological polar surface area (TPSA) is 29.9 Å². The lowest BCUT2D eigenvalue weighted by Gasteiger charge is -2.22. The van der Waals surface area contributed by atoms with Gasteiger partial charge in [-0.05, 0) is 31.0 Å². The van der Waals surface area contributed by atoms with Crippen molar-refractivity contribution in [2.24, 2.45) is 0 Å². The number of nitrogens with one attached hydrogen (secondary N) is 1. The minimum absolute atomic E-state index is 0.174. The first-order chi connectivity index (χ1) is 10.2. The number of benzene rings is 1. The largest absolute Gasteiger partial charge is 0.329 e. The van der Waals surface area contributed by atoms with Gasteiger partial charge < -0.3 is 9.88 Å². The van der Waals surface area contributed by atoms with Crippen LogP contribution in [0, 0.1) is 5.82 Å². The number of aryl methyl sites for hydroxylation is 1. The summed E-state index contributed by atoms with van der Waals surface area (Å²) in [5.41, 5.74) is 3.74. The molecule has 0 spiro atoms. The molecule has 3 rings (SSSR count). The fraction of sp³-hybridized carbons (Fsp3) is 0.471. The molecular weight excluding hydrogens is 265 g/mol. The molecular formula is C17H22FN3. The van der Waals surface area contributed by atoms with Crippen molar-refractivity contribution >= 4 is 0 Å². The highest BCUT2D eigenvalue weighted by molar-refractivity contribution is 5.23. The number of rotatable bonds is 4. The highest BCUT2D eigenvalue weighted by Crippen LogP contribution is 2.24. The molecule has 1 aromatic carbocycles. The lowest BCUT2D eigenvalue weighted by Crippen LogP contribution is -2.26. The molecule has 1 aliphatic rings. The van der Waals surface area contributed by atoms with Gasteiger partial charge in [0.25, 0.3) is 0 Å². The molecule has 21 heavy (non-hydrogen) atoms. The number of fused-ring (bicyclic) bond motifs is 1. The fourth-order valence-corrected chi connectivity index (χ4v) is 3.21. The van der Waals surface area contributed by atoms with E-state index >= 15 is 0 Å². The van der Waals surface area contributed by atoms with E-state index in [2.05, 4.69) is 23.7 Å². The molecule has 0 radical (unpaired) electrons. The molecule has 1 unspecified atom stereocenters. The molecule has 0 fully saturated rings. The zero-order valence-electron chi connectivity index (χ0n) is 12.7. The molecule has 112 valence electrons. The van der Waals surface area contributed by atoms with Crippen molar-refractivity contribution in [3.8, 4) is 0 Å². The first kappa shape index (κ1) is 14.3. The van der Waals surface area contributed by atoms with Gasteiger partial charge in [-0.25, -0.2) is 9.37 Å². The Kier molecular flexibility index (Phi) is 4.06. The summed E-state index contributed by atoms with van der Waals surface area (Å²) in [4.78, 5) is 4.79. The minimum Gasteiger partial charge on any atom is -0.329 e. The van der Waals surface area contributed by atoms with Gasteiger partial charge in [0.2, 0.25) is 0 Å². The predicted octanol–water partition coefficient (Wildman–Crippen LogP) is 3.03. The van der Waals surface area contributed by atoms with Crippen molar-refractivity contribution in [1.82, 2.24) is 14.9 Å². The van der Waals surface area contributed by atoms with Gasteiger partial charge in [0.05, 0.1) is 5.69 Å². The number of hydrogen-bond acceptors (Lipinski definition) is 2. The molecule has 1 atom stereocenters.